The summed E-state index contributed by atoms with van der Waals surface area (Å²) in [6.07, 6.45) is 0. The summed E-state index contributed by atoms with van der Waals surface area (Å²) in [4.78, 5) is 11.9. The van der Waals surface area contributed by atoms with E-state index in [2.05, 4.69) is 15.3 Å². The predicted octanol–water partition coefficient (Wildman–Crippen LogP) is 2.27. The molecule has 0 aliphatic heterocycles. The van der Waals surface area contributed by atoms with Gasteiger partial charge in [-0.05, 0) is 49.7 Å². The largest absolute Gasteiger partial charge is 0.398 e. The Labute approximate surface area is 176 Å². The number of benzene rings is 2. The fraction of sp³-hybridized carbons (Fsp3) is 0.118. The van der Waals surface area contributed by atoms with E-state index < -0.39 is 35.6 Å². The number of nitrogen functional groups attached to an aromatic ring is 1. The zero-order chi connectivity index (χ0) is 23.1. The minimum atomic E-state index is -4.58. The predicted molar refractivity (Wildman–Crippen MR) is 111 cm³/mol. The smallest absolute Gasteiger partial charge is 0.299 e. The Hall–Kier alpha value is -3.33. The molecule has 0 fully saturated rings. The van der Waals surface area contributed by atoms with Gasteiger partial charge in [0.05, 0.1) is 27.7 Å². The van der Waals surface area contributed by atoms with E-state index in [9.17, 15) is 30.7 Å². The average Bonchev–Trinajstić information content (AvgIpc) is 2.93. The van der Waals surface area contributed by atoms with Crippen molar-refractivity contribution in [2.45, 2.75) is 23.6 Å². The summed E-state index contributed by atoms with van der Waals surface area (Å²) in [5.74, 6) is 0. The molecule has 0 saturated heterocycles. The lowest BCUT2D eigenvalue weighted by Crippen LogP contribution is -2.16. The number of aromatic amines is 1. The van der Waals surface area contributed by atoms with Gasteiger partial charge in [-0.15, -0.1) is 5.11 Å². The minimum absolute atomic E-state index is 0.0120. The van der Waals surface area contributed by atoms with E-state index in [1.54, 1.807) is 6.92 Å². The SMILES string of the molecule is Cc1ccc(S(=O)(=O)O)cc1-n1[nH]c(C)c(N=Nc2ccc(N)c(S(=O)(=O)O)c2)c1=O. The van der Waals surface area contributed by atoms with Gasteiger partial charge >= 0.3 is 0 Å². The van der Waals surface area contributed by atoms with Gasteiger partial charge in [0, 0.05) is 0 Å². The van der Waals surface area contributed by atoms with E-state index in [0.717, 1.165) is 16.8 Å². The second-order valence-electron chi connectivity index (χ2n) is 6.55. The molecule has 31 heavy (non-hydrogen) atoms. The molecule has 12 nitrogen and oxygen atoms in total. The number of anilines is 1. The van der Waals surface area contributed by atoms with Crippen LogP contribution in [0.5, 0.6) is 0 Å². The van der Waals surface area contributed by atoms with E-state index in [4.69, 9.17) is 5.73 Å². The van der Waals surface area contributed by atoms with E-state index in [1.165, 1.54) is 31.2 Å². The maximum absolute atomic E-state index is 12.8. The Bertz CT molecular complexity index is 1490. The zero-order valence-corrected chi connectivity index (χ0v) is 17.8. The quantitative estimate of drug-likeness (QED) is 0.249. The van der Waals surface area contributed by atoms with Crippen molar-refractivity contribution in [3.63, 3.8) is 0 Å². The van der Waals surface area contributed by atoms with Crippen LogP contribution in [-0.2, 0) is 20.2 Å². The second kappa shape index (κ2) is 7.73. The van der Waals surface area contributed by atoms with Crippen molar-refractivity contribution < 1.29 is 25.9 Å². The zero-order valence-electron chi connectivity index (χ0n) is 16.1. The van der Waals surface area contributed by atoms with Crippen LogP contribution in [0.4, 0.5) is 17.1 Å². The summed E-state index contributed by atoms with van der Waals surface area (Å²) in [6, 6.07) is 7.30. The number of nitrogens with one attached hydrogen (secondary N) is 1. The molecule has 14 heteroatoms. The highest BCUT2D eigenvalue weighted by Crippen LogP contribution is 2.26. The molecule has 2 aromatic carbocycles. The van der Waals surface area contributed by atoms with Crippen molar-refractivity contribution in [2.75, 3.05) is 5.73 Å². The van der Waals surface area contributed by atoms with Gasteiger partial charge in [-0.3, -0.25) is 19.0 Å². The Morgan fingerprint density at radius 3 is 2.26 bits per heavy atom. The van der Waals surface area contributed by atoms with E-state index >= 15 is 0 Å². The number of nitrogens with zero attached hydrogens (tertiary/aromatic N) is 3. The number of hydrogen-bond acceptors (Lipinski definition) is 8. The lowest BCUT2D eigenvalue weighted by atomic mass is 10.2. The molecule has 0 aliphatic carbocycles. The lowest BCUT2D eigenvalue weighted by Gasteiger charge is -2.07. The fourth-order valence-electron chi connectivity index (χ4n) is 2.73. The average molecular weight is 467 g/mol. The topological polar surface area (TPSA) is 197 Å². The van der Waals surface area contributed by atoms with Crippen LogP contribution in [0.3, 0.4) is 0 Å². The van der Waals surface area contributed by atoms with Crippen molar-refractivity contribution in [1.82, 2.24) is 9.78 Å². The van der Waals surface area contributed by atoms with Crippen LogP contribution in [0.25, 0.3) is 5.69 Å². The fourth-order valence-corrected chi connectivity index (χ4v) is 3.87. The maximum atomic E-state index is 12.8. The third-order valence-corrected chi connectivity index (χ3v) is 6.06. The van der Waals surface area contributed by atoms with E-state index in [-0.39, 0.29) is 28.4 Å². The normalized spacial score (nSPS) is 12.5. The van der Waals surface area contributed by atoms with E-state index in [1.807, 2.05) is 0 Å². The molecule has 0 bridgehead atoms. The van der Waals surface area contributed by atoms with Gasteiger partial charge in [-0.25, -0.2) is 4.68 Å². The van der Waals surface area contributed by atoms with Gasteiger partial charge in [0.2, 0.25) is 0 Å². The number of rotatable bonds is 5. The first-order chi connectivity index (χ1) is 14.3. The first-order valence-electron chi connectivity index (χ1n) is 8.48. The Kier molecular flexibility index (Phi) is 5.58. The Morgan fingerprint density at radius 2 is 1.65 bits per heavy atom. The first kappa shape index (κ1) is 22.4. The summed E-state index contributed by atoms with van der Waals surface area (Å²) in [6.45, 7) is 3.17. The van der Waals surface area contributed by atoms with Crippen LogP contribution in [0.2, 0.25) is 0 Å². The second-order valence-corrected chi connectivity index (χ2v) is 9.36. The minimum Gasteiger partial charge on any atom is -0.398 e. The molecule has 5 N–H and O–H groups in total. The summed E-state index contributed by atoms with van der Waals surface area (Å²) < 4.78 is 65.1. The number of aryl methyl sites for hydroxylation is 2. The summed E-state index contributed by atoms with van der Waals surface area (Å²) >= 11 is 0. The van der Waals surface area contributed by atoms with Crippen molar-refractivity contribution in [3.05, 3.63) is 58.0 Å². The van der Waals surface area contributed by atoms with Crippen molar-refractivity contribution in [2.24, 2.45) is 10.2 Å². The standard InChI is InChI=1S/C17H17N5O7S2/c1-9-3-5-12(30(24,25)26)8-14(9)22-17(23)16(10(2)21-22)20-19-11-4-6-13(18)15(7-11)31(27,28)29/h3-8,21H,18H2,1-2H3,(H,24,25,26)(H,27,28,29). The van der Waals surface area contributed by atoms with Gasteiger partial charge in [-0.1, -0.05) is 6.07 Å². The Balaban J connectivity index is 2.08. The lowest BCUT2D eigenvalue weighted by molar-refractivity contribution is 0.481. The van der Waals surface area contributed by atoms with Crippen LogP contribution in [0.15, 0.2) is 61.2 Å². The van der Waals surface area contributed by atoms with Crippen molar-refractivity contribution >= 4 is 37.3 Å². The molecule has 0 aliphatic rings. The molecule has 3 aromatic rings. The van der Waals surface area contributed by atoms with Crippen LogP contribution in [-0.4, -0.2) is 35.7 Å². The molecule has 3 rings (SSSR count). The molecule has 1 aromatic heterocycles. The molecule has 0 atom stereocenters. The van der Waals surface area contributed by atoms with Gasteiger partial charge in [0.25, 0.3) is 25.8 Å². The number of H-pyrrole nitrogens is 1. The molecule has 0 saturated carbocycles. The third-order valence-electron chi connectivity index (χ3n) is 4.30. The summed E-state index contributed by atoms with van der Waals surface area (Å²) in [5, 5.41) is 10.4. The summed E-state index contributed by atoms with van der Waals surface area (Å²) in [5.41, 5.74) is 5.56. The highest BCUT2D eigenvalue weighted by Gasteiger charge is 2.18. The Morgan fingerprint density at radius 1 is 0.968 bits per heavy atom. The number of hydrogen-bond donors (Lipinski definition) is 4. The molecule has 0 spiro atoms. The van der Waals surface area contributed by atoms with Crippen LogP contribution >= 0.6 is 0 Å². The van der Waals surface area contributed by atoms with Gasteiger partial charge < -0.3 is 5.73 Å². The molecule has 0 radical (unpaired) electrons. The van der Waals surface area contributed by atoms with Crippen molar-refractivity contribution in [1.29, 1.82) is 0 Å². The molecule has 0 amide bonds. The molecule has 1 heterocycles. The van der Waals surface area contributed by atoms with Gasteiger partial charge in [0.1, 0.15) is 4.90 Å². The van der Waals surface area contributed by atoms with Crippen molar-refractivity contribution in [3.8, 4) is 5.69 Å². The highest BCUT2D eigenvalue weighted by molar-refractivity contribution is 7.86. The van der Waals surface area contributed by atoms with Gasteiger partial charge in [0.15, 0.2) is 5.69 Å². The number of azo groups is 1. The van der Waals surface area contributed by atoms with E-state index in [0.29, 0.717) is 5.56 Å². The van der Waals surface area contributed by atoms with Crippen LogP contribution in [0.1, 0.15) is 11.3 Å². The van der Waals surface area contributed by atoms with Gasteiger partial charge in [-0.2, -0.15) is 21.9 Å². The third kappa shape index (κ3) is 4.56. The highest BCUT2D eigenvalue weighted by atomic mass is 32.2. The molecular formula is C17H17N5O7S2. The maximum Gasteiger partial charge on any atom is 0.299 e. The number of nitrogens with two attached hydrogens (primary N) is 1. The first-order valence-corrected chi connectivity index (χ1v) is 11.4. The van der Waals surface area contributed by atoms with Crippen LogP contribution < -0.4 is 11.3 Å². The monoisotopic (exact) mass is 467 g/mol. The summed E-state index contributed by atoms with van der Waals surface area (Å²) in [7, 11) is -9.06. The number of aromatic nitrogens is 2. The van der Waals surface area contributed by atoms with Crippen LogP contribution in [0, 0.1) is 13.8 Å². The molecular weight excluding hydrogens is 450 g/mol. The molecule has 0 unspecified atom stereocenters. The molecule has 164 valence electrons.